The van der Waals surface area contributed by atoms with Crippen molar-refractivity contribution in [1.29, 1.82) is 0 Å². The normalized spacial score (nSPS) is 12.5. The fraction of sp³-hybridized carbons (Fsp3) is 0.474. The lowest BCUT2D eigenvalue weighted by atomic mass is 10.1. The molecule has 1 N–H and O–H groups in total. The van der Waals surface area contributed by atoms with Crippen molar-refractivity contribution < 1.29 is 13.6 Å². The minimum absolute atomic E-state index is 0.174. The average molecular weight is 349 g/mol. The van der Waals surface area contributed by atoms with Gasteiger partial charge in [0.15, 0.2) is 11.6 Å². The molecule has 1 aromatic carbocycles. The van der Waals surface area contributed by atoms with E-state index in [1.165, 1.54) is 6.07 Å². The van der Waals surface area contributed by atoms with E-state index in [0.717, 1.165) is 35.6 Å². The van der Waals surface area contributed by atoms with Gasteiger partial charge in [0, 0.05) is 17.8 Å². The van der Waals surface area contributed by atoms with Crippen molar-refractivity contribution in [1.82, 2.24) is 15.1 Å². The monoisotopic (exact) mass is 349 g/mol. The highest BCUT2D eigenvalue weighted by Crippen LogP contribution is 2.18. The van der Waals surface area contributed by atoms with Crippen LogP contribution in [0.1, 0.15) is 49.3 Å². The van der Waals surface area contributed by atoms with Gasteiger partial charge in [-0.2, -0.15) is 5.10 Å². The molecule has 0 bridgehead atoms. The van der Waals surface area contributed by atoms with E-state index in [-0.39, 0.29) is 12.3 Å². The number of aryl methyl sites for hydroxylation is 1. The number of carbonyl (C=O) groups is 1. The molecule has 1 aromatic heterocycles. The molecule has 1 atom stereocenters. The van der Waals surface area contributed by atoms with E-state index in [1.54, 1.807) is 6.92 Å². The fourth-order valence-corrected chi connectivity index (χ4v) is 2.83. The largest absolute Gasteiger partial charge is 0.349 e. The summed E-state index contributed by atoms with van der Waals surface area (Å²) in [7, 11) is 0. The van der Waals surface area contributed by atoms with Gasteiger partial charge < -0.3 is 5.32 Å². The Morgan fingerprint density at radius 1 is 1.20 bits per heavy atom. The SMILES string of the molecule is Cc1nn(CC(C)C)c(C)c1CC(=O)NC(C)c1ccc(F)c(F)c1. The van der Waals surface area contributed by atoms with Crippen LogP contribution in [0.4, 0.5) is 8.78 Å². The van der Waals surface area contributed by atoms with Crippen LogP contribution in [0.2, 0.25) is 0 Å². The van der Waals surface area contributed by atoms with E-state index in [2.05, 4.69) is 24.3 Å². The van der Waals surface area contributed by atoms with Gasteiger partial charge in [-0.3, -0.25) is 9.48 Å². The summed E-state index contributed by atoms with van der Waals surface area (Å²) in [5.41, 5.74) is 3.27. The summed E-state index contributed by atoms with van der Waals surface area (Å²) in [6, 6.07) is 3.24. The smallest absolute Gasteiger partial charge is 0.225 e. The molecule has 1 amide bonds. The Kier molecular flexibility index (Phi) is 5.93. The molecule has 4 nitrogen and oxygen atoms in total. The molecule has 0 aliphatic rings. The zero-order valence-corrected chi connectivity index (χ0v) is 15.4. The summed E-state index contributed by atoms with van der Waals surface area (Å²) < 4.78 is 28.3. The molecule has 0 saturated carbocycles. The molecule has 2 aromatic rings. The second kappa shape index (κ2) is 7.76. The standard InChI is InChI=1S/C19H25F2N3O/c1-11(2)10-24-14(5)16(13(4)23-24)9-19(25)22-12(3)15-6-7-17(20)18(21)8-15/h6-8,11-12H,9-10H2,1-5H3,(H,22,25). The maximum atomic E-state index is 13.3. The van der Waals surface area contributed by atoms with Gasteiger partial charge in [0.2, 0.25) is 5.91 Å². The number of nitrogens with one attached hydrogen (secondary N) is 1. The lowest BCUT2D eigenvalue weighted by Crippen LogP contribution is -2.28. The van der Waals surface area contributed by atoms with Crippen LogP contribution < -0.4 is 5.32 Å². The van der Waals surface area contributed by atoms with Gasteiger partial charge in [0.1, 0.15) is 0 Å². The lowest BCUT2D eigenvalue weighted by Gasteiger charge is -2.15. The molecule has 6 heteroatoms. The second-order valence-corrected chi connectivity index (χ2v) is 6.86. The highest BCUT2D eigenvalue weighted by atomic mass is 19.2. The Labute approximate surface area is 147 Å². The van der Waals surface area contributed by atoms with Crippen LogP contribution in [0, 0.1) is 31.4 Å². The molecule has 1 unspecified atom stereocenters. The van der Waals surface area contributed by atoms with Gasteiger partial charge in [0.25, 0.3) is 0 Å². The van der Waals surface area contributed by atoms with Crippen LogP contribution in [0.15, 0.2) is 18.2 Å². The molecule has 0 aliphatic heterocycles. The van der Waals surface area contributed by atoms with E-state index < -0.39 is 17.7 Å². The number of benzene rings is 1. The Morgan fingerprint density at radius 2 is 1.88 bits per heavy atom. The molecular formula is C19H25F2N3O. The summed E-state index contributed by atoms with van der Waals surface area (Å²) in [4.78, 5) is 12.4. The van der Waals surface area contributed by atoms with Crippen molar-refractivity contribution >= 4 is 5.91 Å². The van der Waals surface area contributed by atoms with E-state index in [9.17, 15) is 13.6 Å². The van der Waals surface area contributed by atoms with Crippen molar-refractivity contribution in [2.45, 2.75) is 53.6 Å². The van der Waals surface area contributed by atoms with Crippen LogP contribution in [-0.2, 0) is 17.8 Å². The summed E-state index contributed by atoms with van der Waals surface area (Å²) in [6.45, 7) is 10.6. The maximum absolute atomic E-state index is 13.3. The first-order valence-electron chi connectivity index (χ1n) is 8.46. The maximum Gasteiger partial charge on any atom is 0.225 e. The highest BCUT2D eigenvalue weighted by molar-refractivity contribution is 5.79. The third-order valence-corrected chi connectivity index (χ3v) is 4.23. The third-order valence-electron chi connectivity index (χ3n) is 4.23. The van der Waals surface area contributed by atoms with Crippen molar-refractivity contribution in [3.8, 4) is 0 Å². The molecule has 136 valence electrons. The quantitative estimate of drug-likeness (QED) is 0.861. The predicted octanol–water partition coefficient (Wildman–Crippen LogP) is 3.85. The zero-order valence-electron chi connectivity index (χ0n) is 15.4. The highest BCUT2D eigenvalue weighted by Gasteiger charge is 2.17. The topological polar surface area (TPSA) is 46.9 Å². The van der Waals surface area contributed by atoms with Gasteiger partial charge >= 0.3 is 0 Å². The average Bonchev–Trinajstić information content (AvgIpc) is 2.76. The number of carbonyl (C=O) groups excluding carboxylic acids is 1. The molecular weight excluding hydrogens is 324 g/mol. The summed E-state index contributed by atoms with van der Waals surface area (Å²) in [5, 5.41) is 7.34. The van der Waals surface area contributed by atoms with E-state index in [0.29, 0.717) is 11.5 Å². The number of hydrogen-bond donors (Lipinski definition) is 1. The van der Waals surface area contributed by atoms with Crippen LogP contribution in [-0.4, -0.2) is 15.7 Å². The van der Waals surface area contributed by atoms with Crippen LogP contribution in [0.3, 0.4) is 0 Å². The Morgan fingerprint density at radius 3 is 2.48 bits per heavy atom. The number of amides is 1. The van der Waals surface area contributed by atoms with E-state index in [4.69, 9.17) is 0 Å². The molecule has 0 aliphatic carbocycles. The molecule has 0 radical (unpaired) electrons. The van der Waals surface area contributed by atoms with Crippen molar-refractivity contribution in [3.63, 3.8) is 0 Å². The Bertz CT molecular complexity index is 768. The number of halogens is 2. The molecule has 0 spiro atoms. The van der Waals surface area contributed by atoms with Crippen molar-refractivity contribution in [2.24, 2.45) is 5.92 Å². The lowest BCUT2D eigenvalue weighted by molar-refractivity contribution is -0.121. The van der Waals surface area contributed by atoms with Crippen LogP contribution >= 0.6 is 0 Å². The predicted molar refractivity (Wildman–Crippen MR) is 93.2 cm³/mol. The van der Waals surface area contributed by atoms with Crippen LogP contribution in [0.25, 0.3) is 0 Å². The Hall–Kier alpha value is -2.24. The summed E-state index contributed by atoms with van der Waals surface area (Å²) in [5.74, 6) is -1.52. The summed E-state index contributed by atoms with van der Waals surface area (Å²) in [6.07, 6.45) is 0.212. The van der Waals surface area contributed by atoms with Gasteiger partial charge in [-0.15, -0.1) is 0 Å². The van der Waals surface area contributed by atoms with E-state index >= 15 is 0 Å². The molecule has 2 rings (SSSR count). The molecule has 25 heavy (non-hydrogen) atoms. The second-order valence-electron chi connectivity index (χ2n) is 6.86. The first-order chi connectivity index (χ1) is 11.7. The van der Waals surface area contributed by atoms with Crippen LogP contribution in [0.5, 0.6) is 0 Å². The van der Waals surface area contributed by atoms with E-state index in [1.807, 2.05) is 18.5 Å². The number of aromatic nitrogens is 2. The molecule has 0 fully saturated rings. The third kappa shape index (κ3) is 4.65. The minimum atomic E-state index is -0.916. The van der Waals surface area contributed by atoms with Crippen molar-refractivity contribution in [3.05, 3.63) is 52.3 Å². The van der Waals surface area contributed by atoms with Gasteiger partial charge in [0.05, 0.1) is 18.2 Å². The first kappa shape index (κ1) is 19.1. The van der Waals surface area contributed by atoms with Gasteiger partial charge in [-0.25, -0.2) is 8.78 Å². The number of hydrogen-bond acceptors (Lipinski definition) is 2. The fourth-order valence-electron chi connectivity index (χ4n) is 2.83. The minimum Gasteiger partial charge on any atom is -0.349 e. The van der Waals surface area contributed by atoms with Gasteiger partial charge in [-0.1, -0.05) is 19.9 Å². The summed E-state index contributed by atoms with van der Waals surface area (Å²) >= 11 is 0. The number of nitrogens with zero attached hydrogens (tertiary/aromatic N) is 2. The molecule has 1 heterocycles. The Balaban J connectivity index is 2.07. The van der Waals surface area contributed by atoms with Gasteiger partial charge in [-0.05, 0) is 44.4 Å². The zero-order chi connectivity index (χ0) is 18.7. The number of rotatable bonds is 6. The van der Waals surface area contributed by atoms with Crippen molar-refractivity contribution in [2.75, 3.05) is 0 Å². The molecule has 0 saturated heterocycles. The first-order valence-corrected chi connectivity index (χ1v) is 8.46.